The van der Waals surface area contributed by atoms with Gasteiger partial charge in [0.2, 0.25) is 5.97 Å². The number of benzene rings is 1. The molecule has 1 saturated heterocycles. The van der Waals surface area contributed by atoms with Crippen molar-refractivity contribution in [2.24, 2.45) is 10.8 Å². The first kappa shape index (κ1) is 18.7. The SMILES string of the molecule is CC.CC1(C)CB(c2cc(N)c(C(=N)F)cc2F)CC1(C)C. The molecule has 0 spiro atoms. The first-order valence-corrected chi connectivity index (χ1v) is 7.88. The molecule has 5 heteroatoms. The van der Waals surface area contributed by atoms with Crippen LogP contribution in [0.4, 0.5) is 14.5 Å². The molecule has 3 N–H and O–H groups in total. The van der Waals surface area contributed by atoms with E-state index in [4.69, 9.17) is 11.1 Å². The Kier molecular flexibility index (Phi) is 5.42. The number of hydrogen-bond donors (Lipinski definition) is 2. The van der Waals surface area contributed by atoms with Crippen molar-refractivity contribution >= 4 is 23.8 Å². The van der Waals surface area contributed by atoms with Crippen LogP contribution in [0.5, 0.6) is 0 Å². The minimum absolute atomic E-state index is 0.0881. The van der Waals surface area contributed by atoms with E-state index in [2.05, 4.69) is 27.7 Å². The van der Waals surface area contributed by atoms with Crippen LogP contribution >= 0.6 is 0 Å². The number of anilines is 1. The third-order valence-electron chi connectivity index (χ3n) is 5.19. The van der Waals surface area contributed by atoms with Crippen molar-refractivity contribution in [1.82, 2.24) is 0 Å². The summed E-state index contributed by atoms with van der Waals surface area (Å²) in [6, 6.07) is 2.55. The maximum atomic E-state index is 14.2. The van der Waals surface area contributed by atoms with E-state index in [1.807, 2.05) is 13.8 Å². The molecule has 0 aliphatic carbocycles. The molecule has 22 heavy (non-hydrogen) atoms. The average Bonchev–Trinajstić information content (AvgIpc) is 2.62. The summed E-state index contributed by atoms with van der Waals surface area (Å²) in [5.41, 5.74) is 6.50. The predicted molar refractivity (Wildman–Crippen MR) is 92.7 cm³/mol. The average molecular weight is 308 g/mol. The van der Waals surface area contributed by atoms with Crippen molar-refractivity contribution in [2.75, 3.05) is 5.73 Å². The van der Waals surface area contributed by atoms with Gasteiger partial charge < -0.3 is 5.73 Å². The molecule has 1 heterocycles. The topological polar surface area (TPSA) is 49.9 Å². The molecule has 2 rings (SSSR count). The van der Waals surface area contributed by atoms with Gasteiger partial charge >= 0.3 is 0 Å². The summed E-state index contributed by atoms with van der Waals surface area (Å²) in [4.78, 5) is 0. The van der Waals surface area contributed by atoms with Gasteiger partial charge in [0, 0.05) is 5.69 Å². The Labute approximate surface area is 133 Å². The van der Waals surface area contributed by atoms with Gasteiger partial charge in [0.1, 0.15) is 5.82 Å². The van der Waals surface area contributed by atoms with E-state index in [9.17, 15) is 8.78 Å². The Morgan fingerprint density at radius 1 is 1.14 bits per heavy atom. The number of halogens is 2. The van der Waals surface area contributed by atoms with Gasteiger partial charge in [-0.05, 0) is 28.4 Å². The highest BCUT2D eigenvalue weighted by molar-refractivity contribution is 6.74. The summed E-state index contributed by atoms with van der Waals surface area (Å²) in [7, 11) is 0. The Balaban J connectivity index is 0.00000116. The Hall–Kier alpha value is -1.39. The van der Waals surface area contributed by atoms with Crippen LogP contribution in [0.25, 0.3) is 0 Å². The summed E-state index contributed by atoms with van der Waals surface area (Å²) in [6.07, 6.45) is 1.76. The van der Waals surface area contributed by atoms with E-state index < -0.39 is 11.8 Å². The largest absolute Gasteiger partial charge is 0.398 e. The van der Waals surface area contributed by atoms with Crippen LogP contribution in [-0.2, 0) is 0 Å². The van der Waals surface area contributed by atoms with Crippen molar-refractivity contribution in [2.45, 2.75) is 54.2 Å². The second-order valence-electron chi connectivity index (χ2n) is 7.15. The first-order chi connectivity index (χ1) is 10.0. The Bertz CT molecular complexity index is 552. The molecule has 1 fully saturated rings. The number of hydrogen-bond acceptors (Lipinski definition) is 2. The zero-order valence-electron chi connectivity index (χ0n) is 14.5. The zero-order valence-corrected chi connectivity index (χ0v) is 14.5. The summed E-state index contributed by atoms with van der Waals surface area (Å²) < 4.78 is 27.2. The lowest BCUT2D eigenvalue weighted by atomic mass is 9.42. The molecule has 122 valence electrons. The molecule has 0 radical (unpaired) electrons. The zero-order chi connectivity index (χ0) is 17.3. The summed E-state index contributed by atoms with van der Waals surface area (Å²) in [5, 5.41) is 6.97. The van der Waals surface area contributed by atoms with Crippen molar-refractivity contribution in [3.63, 3.8) is 0 Å². The molecule has 0 aromatic heterocycles. The molecule has 0 unspecified atom stereocenters. The van der Waals surface area contributed by atoms with E-state index in [1.54, 1.807) is 0 Å². The summed E-state index contributed by atoms with van der Waals surface area (Å²) >= 11 is 0. The molecule has 1 aliphatic heterocycles. The normalized spacial score (nSPS) is 18.6. The minimum Gasteiger partial charge on any atom is -0.398 e. The monoisotopic (exact) mass is 308 g/mol. The van der Waals surface area contributed by atoms with Crippen molar-refractivity contribution in [1.29, 1.82) is 5.41 Å². The molecule has 0 bridgehead atoms. The van der Waals surface area contributed by atoms with Gasteiger partial charge in [-0.15, -0.1) is 0 Å². The summed E-state index contributed by atoms with van der Waals surface area (Å²) in [6.45, 7) is 12.9. The predicted octanol–water partition coefficient (Wildman–Crippen LogP) is 4.50. The standard InChI is InChI=1S/C15H21BF2N2.C2H6/c1-14(2)7-16(8-15(14,3)4)10-6-12(19)9(13(18)20)5-11(10)17;1-2/h5-6,20H,7-8,19H2,1-4H3;1-2H3. The van der Waals surface area contributed by atoms with Crippen LogP contribution < -0.4 is 11.2 Å². The molecular weight excluding hydrogens is 281 g/mol. The van der Waals surface area contributed by atoms with Gasteiger partial charge in [0.15, 0.2) is 6.71 Å². The lowest BCUT2D eigenvalue weighted by Crippen LogP contribution is -2.32. The lowest BCUT2D eigenvalue weighted by molar-refractivity contribution is 0.177. The summed E-state index contributed by atoms with van der Waals surface area (Å²) in [5.74, 6) is -1.66. The quantitative estimate of drug-likeness (QED) is 0.472. The fraction of sp³-hybridized carbons (Fsp3) is 0.588. The minimum atomic E-state index is -1.19. The van der Waals surface area contributed by atoms with Crippen molar-refractivity contribution in [3.05, 3.63) is 23.5 Å². The van der Waals surface area contributed by atoms with E-state index in [0.717, 1.165) is 18.7 Å². The second kappa shape index (κ2) is 6.39. The molecule has 0 atom stereocenters. The van der Waals surface area contributed by atoms with Gasteiger partial charge in [-0.25, -0.2) is 4.39 Å². The number of nitrogens with two attached hydrogens (primary N) is 1. The Morgan fingerprint density at radius 2 is 1.59 bits per heavy atom. The number of rotatable bonds is 2. The highest BCUT2D eigenvalue weighted by Crippen LogP contribution is 2.52. The first-order valence-electron chi connectivity index (χ1n) is 7.88. The van der Waals surface area contributed by atoms with E-state index in [-0.39, 0.29) is 28.8 Å². The van der Waals surface area contributed by atoms with Gasteiger partial charge in [0.05, 0.1) is 5.56 Å². The molecule has 2 nitrogen and oxygen atoms in total. The molecule has 1 aliphatic rings. The molecule has 1 aromatic rings. The van der Waals surface area contributed by atoms with Gasteiger partial charge in [0.25, 0.3) is 0 Å². The van der Waals surface area contributed by atoms with Gasteiger partial charge in [-0.3, -0.25) is 5.41 Å². The third kappa shape index (κ3) is 3.34. The lowest BCUT2D eigenvalue weighted by Gasteiger charge is -2.35. The van der Waals surface area contributed by atoms with Crippen LogP contribution in [0.1, 0.15) is 47.1 Å². The third-order valence-corrected chi connectivity index (χ3v) is 5.19. The van der Waals surface area contributed by atoms with E-state index in [1.165, 1.54) is 6.07 Å². The molecular formula is C17H27BF2N2. The highest BCUT2D eigenvalue weighted by atomic mass is 19.1. The van der Waals surface area contributed by atoms with Gasteiger partial charge in [-0.1, -0.05) is 54.2 Å². The molecule has 1 aromatic carbocycles. The van der Waals surface area contributed by atoms with E-state index in [0.29, 0.717) is 5.46 Å². The van der Waals surface area contributed by atoms with E-state index >= 15 is 0 Å². The smallest absolute Gasteiger partial charge is 0.215 e. The maximum Gasteiger partial charge on any atom is 0.215 e. The maximum absolute atomic E-state index is 14.2. The number of nitrogens with one attached hydrogen (secondary N) is 1. The van der Waals surface area contributed by atoms with Crippen LogP contribution in [0.2, 0.25) is 12.6 Å². The van der Waals surface area contributed by atoms with Crippen LogP contribution in [-0.4, -0.2) is 12.7 Å². The highest BCUT2D eigenvalue weighted by Gasteiger charge is 2.48. The fourth-order valence-electron chi connectivity index (χ4n) is 3.19. The molecule has 0 amide bonds. The van der Waals surface area contributed by atoms with Crippen LogP contribution in [0, 0.1) is 22.1 Å². The second-order valence-corrected chi connectivity index (χ2v) is 7.15. The van der Waals surface area contributed by atoms with Crippen molar-refractivity contribution in [3.8, 4) is 0 Å². The van der Waals surface area contributed by atoms with Crippen LogP contribution in [0.15, 0.2) is 12.1 Å². The fourth-order valence-corrected chi connectivity index (χ4v) is 3.19. The van der Waals surface area contributed by atoms with Crippen LogP contribution in [0.3, 0.4) is 0 Å². The van der Waals surface area contributed by atoms with Crippen molar-refractivity contribution < 1.29 is 8.78 Å². The van der Waals surface area contributed by atoms with Gasteiger partial charge in [-0.2, -0.15) is 4.39 Å². The Morgan fingerprint density at radius 3 is 2.00 bits per heavy atom. The number of nitrogen functional groups attached to an aromatic ring is 1. The molecule has 0 saturated carbocycles.